The Labute approximate surface area is 106 Å². The molecule has 0 saturated heterocycles. The molecular weight excluding hydrogens is 285 g/mol. The first-order valence-electron chi connectivity index (χ1n) is 5.63. The van der Waals surface area contributed by atoms with Gasteiger partial charge in [0.1, 0.15) is 11.5 Å². The van der Waals surface area contributed by atoms with Crippen LogP contribution in [0.15, 0.2) is 22.8 Å². The molecule has 2 aliphatic rings. The van der Waals surface area contributed by atoms with Gasteiger partial charge in [-0.15, -0.1) is 0 Å². The van der Waals surface area contributed by atoms with Crippen LogP contribution in [0.25, 0.3) is 11.4 Å². The molecule has 86 valence electrons. The maximum atomic E-state index is 12.8. The van der Waals surface area contributed by atoms with Gasteiger partial charge < -0.3 is 0 Å². The highest BCUT2D eigenvalue weighted by Gasteiger charge is 2.47. The Kier molecular flexibility index (Phi) is 1.82. The largest absolute Gasteiger partial charge is 0.264 e. The van der Waals surface area contributed by atoms with Gasteiger partial charge in [0.15, 0.2) is 0 Å². The van der Waals surface area contributed by atoms with Gasteiger partial charge >= 0.3 is 0 Å². The van der Waals surface area contributed by atoms with Crippen molar-refractivity contribution < 1.29 is 4.39 Å². The van der Waals surface area contributed by atoms with E-state index in [9.17, 15) is 4.39 Å². The third-order valence-electron chi connectivity index (χ3n) is 3.57. The van der Waals surface area contributed by atoms with E-state index in [4.69, 9.17) is 0 Å². The van der Waals surface area contributed by atoms with Crippen molar-refractivity contribution in [2.24, 2.45) is 5.92 Å². The average Bonchev–Trinajstić information content (AvgIpc) is 2.90. The van der Waals surface area contributed by atoms with Crippen molar-refractivity contribution in [3.05, 3.63) is 34.3 Å². The molecule has 2 aromatic rings. The molecule has 5 heteroatoms. The summed E-state index contributed by atoms with van der Waals surface area (Å²) < 4.78 is 16.0. The van der Waals surface area contributed by atoms with E-state index >= 15 is 0 Å². The SMILES string of the molecule is Fc1ccc(-c2nn3c(c2Br)C[C@@H]2C[C@@H]23)nc1. The molecule has 3 nitrogen and oxygen atoms in total. The molecular formula is C12H9BrFN3. The van der Waals surface area contributed by atoms with E-state index in [0.717, 1.165) is 28.2 Å². The van der Waals surface area contributed by atoms with Crippen LogP contribution in [-0.2, 0) is 6.42 Å². The lowest BCUT2D eigenvalue weighted by atomic mass is 10.2. The van der Waals surface area contributed by atoms with E-state index in [1.807, 2.05) is 0 Å². The molecule has 1 saturated carbocycles. The Morgan fingerprint density at radius 3 is 3.00 bits per heavy atom. The molecule has 0 bridgehead atoms. The van der Waals surface area contributed by atoms with Crippen LogP contribution in [0.4, 0.5) is 4.39 Å². The van der Waals surface area contributed by atoms with Crippen molar-refractivity contribution in [2.75, 3.05) is 0 Å². The predicted octanol–water partition coefficient (Wildman–Crippen LogP) is 2.96. The molecule has 0 N–H and O–H groups in total. The quantitative estimate of drug-likeness (QED) is 0.809. The Morgan fingerprint density at radius 1 is 1.41 bits per heavy atom. The Morgan fingerprint density at radius 2 is 2.29 bits per heavy atom. The standard InChI is InChI=1S/C12H9BrFN3/c13-11-10-4-6-3-9(6)17(10)16-12(11)8-2-1-7(14)5-15-8/h1-2,5-6,9H,3-4H2/t6-,9-/m0/s1. The molecule has 0 unspecified atom stereocenters. The summed E-state index contributed by atoms with van der Waals surface area (Å²) in [6.45, 7) is 0. The van der Waals surface area contributed by atoms with Crippen molar-refractivity contribution in [1.82, 2.24) is 14.8 Å². The molecule has 1 aliphatic carbocycles. The minimum absolute atomic E-state index is 0.320. The number of halogens is 2. The minimum atomic E-state index is -0.320. The molecule has 0 radical (unpaired) electrons. The lowest BCUT2D eigenvalue weighted by Gasteiger charge is -1.97. The molecule has 0 spiro atoms. The highest BCUT2D eigenvalue weighted by atomic mass is 79.9. The van der Waals surface area contributed by atoms with Gasteiger partial charge in [-0.1, -0.05) is 0 Å². The second kappa shape index (κ2) is 3.16. The fraction of sp³-hybridized carbons (Fsp3) is 0.333. The third kappa shape index (κ3) is 1.32. The van der Waals surface area contributed by atoms with Gasteiger partial charge in [-0.05, 0) is 46.8 Å². The first-order valence-corrected chi connectivity index (χ1v) is 6.42. The summed E-state index contributed by atoms with van der Waals surface area (Å²) in [7, 11) is 0. The number of nitrogens with zero attached hydrogens (tertiary/aromatic N) is 3. The van der Waals surface area contributed by atoms with Gasteiger partial charge in [0, 0.05) is 0 Å². The average molecular weight is 294 g/mol. The number of hydrogen-bond donors (Lipinski definition) is 0. The van der Waals surface area contributed by atoms with Gasteiger partial charge in [-0.3, -0.25) is 9.67 Å². The number of aromatic nitrogens is 3. The maximum absolute atomic E-state index is 12.8. The summed E-state index contributed by atoms with van der Waals surface area (Å²) in [6.07, 6.45) is 3.57. The molecule has 17 heavy (non-hydrogen) atoms. The maximum Gasteiger partial charge on any atom is 0.141 e. The second-order valence-corrected chi connectivity index (χ2v) is 5.48. The summed E-state index contributed by atoms with van der Waals surface area (Å²) in [5, 5.41) is 4.60. The zero-order chi connectivity index (χ0) is 11.6. The molecule has 4 rings (SSSR count). The summed E-state index contributed by atoms with van der Waals surface area (Å²) in [5.74, 6) is 0.475. The lowest BCUT2D eigenvalue weighted by Crippen LogP contribution is -1.96. The molecule has 1 aliphatic heterocycles. The highest BCUT2D eigenvalue weighted by molar-refractivity contribution is 9.10. The highest BCUT2D eigenvalue weighted by Crippen LogP contribution is 2.53. The van der Waals surface area contributed by atoms with Crippen LogP contribution in [0.2, 0.25) is 0 Å². The summed E-state index contributed by atoms with van der Waals surface area (Å²) in [6, 6.07) is 3.68. The molecule has 0 aromatic carbocycles. The van der Waals surface area contributed by atoms with Gasteiger partial charge in [0.2, 0.25) is 0 Å². The lowest BCUT2D eigenvalue weighted by molar-refractivity contribution is 0.621. The minimum Gasteiger partial charge on any atom is -0.264 e. The first kappa shape index (κ1) is 9.76. The number of hydrogen-bond acceptors (Lipinski definition) is 2. The van der Waals surface area contributed by atoms with E-state index < -0.39 is 0 Å². The first-order chi connectivity index (χ1) is 8.24. The fourth-order valence-electron chi connectivity index (χ4n) is 2.59. The topological polar surface area (TPSA) is 30.7 Å². The van der Waals surface area contributed by atoms with Gasteiger partial charge in [0.25, 0.3) is 0 Å². The zero-order valence-corrected chi connectivity index (χ0v) is 10.5. The van der Waals surface area contributed by atoms with Crippen LogP contribution in [0.5, 0.6) is 0 Å². The summed E-state index contributed by atoms with van der Waals surface area (Å²) in [4.78, 5) is 4.08. The van der Waals surface area contributed by atoms with Crippen molar-refractivity contribution >= 4 is 15.9 Å². The van der Waals surface area contributed by atoms with Crippen molar-refractivity contribution in [3.63, 3.8) is 0 Å². The van der Waals surface area contributed by atoms with Crippen LogP contribution in [0, 0.1) is 11.7 Å². The van der Waals surface area contributed by atoms with Gasteiger partial charge in [-0.2, -0.15) is 5.10 Å². The smallest absolute Gasteiger partial charge is 0.141 e. The van der Waals surface area contributed by atoms with Gasteiger partial charge in [-0.25, -0.2) is 4.39 Å². The molecule has 3 heterocycles. The fourth-order valence-corrected chi connectivity index (χ4v) is 3.21. The molecule has 2 atom stereocenters. The number of pyridine rings is 1. The van der Waals surface area contributed by atoms with Crippen molar-refractivity contribution in [2.45, 2.75) is 18.9 Å². The van der Waals surface area contributed by atoms with E-state index in [-0.39, 0.29) is 5.82 Å². The Hall–Kier alpha value is -1.23. The monoisotopic (exact) mass is 293 g/mol. The second-order valence-electron chi connectivity index (χ2n) is 4.68. The third-order valence-corrected chi connectivity index (χ3v) is 4.40. The van der Waals surface area contributed by atoms with Gasteiger partial charge in [0.05, 0.1) is 28.1 Å². The van der Waals surface area contributed by atoms with E-state index in [1.54, 1.807) is 6.07 Å². The summed E-state index contributed by atoms with van der Waals surface area (Å²) in [5.41, 5.74) is 2.80. The van der Waals surface area contributed by atoms with Crippen molar-refractivity contribution in [1.29, 1.82) is 0 Å². The van der Waals surface area contributed by atoms with E-state index in [2.05, 4.69) is 30.7 Å². The van der Waals surface area contributed by atoms with Crippen molar-refractivity contribution in [3.8, 4) is 11.4 Å². The van der Waals surface area contributed by atoms with E-state index in [0.29, 0.717) is 6.04 Å². The Bertz CT molecular complexity index is 605. The number of rotatable bonds is 1. The molecule has 2 aromatic heterocycles. The Balaban J connectivity index is 1.84. The summed E-state index contributed by atoms with van der Waals surface area (Å²) >= 11 is 3.59. The van der Waals surface area contributed by atoms with E-state index in [1.165, 1.54) is 24.4 Å². The van der Waals surface area contributed by atoms with Crippen LogP contribution in [-0.4, -0.2) is 14.8 Å². The zero-order valence-electron chi connectivity index (χ0n) is 8.90. The number of fused-ring (bicyclic) bond motifs is 3. The van der Waals surface area contributed by atoms with Crippen LogP contribution < -0.4 is 0 Å². The van der Waals surface area contributed by atoms with Crippen LogP contribution >= 0.6 is 15.9 Å². The normalized spacial score (nSPS) is 24.6. The predicted molar refractivity (Wildman–Crippen MR) is 64.0 cm³/mol. The van der Waals surface area contributed by atoms with Crippen LogP contribution in [0.3, 0.4) is 0 Å². The van der Waals surface area contributed by atoms with Crippen LogP contribution in [0.1, 0.15) is 18.2 Å². The molecule has 1 fully saturated rings. The molecule has 0 amide bonds.